The third-order valence-electron chi connectivity index (χ3n) is 5.51. The highest BCUT2D eigenvalue weighted by molar-refractivity contribution is 5.93. The summed E-state index contributed by atoms with van der Waals surface area (Å²) in [6.07, 6.45) is 4.81. The molecule has 1 aliphatic heterocycles. The molecule has 1 aliphatic carbocycles. The van der Waals surface area contributed by atoms with Gasteiger partial charge in [0, 0.05) is 24.8 Å². The number of morpholine rings is 1. The maximum absolute atomic E-state index is 12.6. The molecule has 1 aromatic rings. The Kier molecular flexibility index (Phi) is 5.45. The molecule has 25 heavy (non-hydrogen) atoms. The van der Waals surface area contributed by atoms with E-state index in [0.29, 0.717) is 30.6 Å². The second kappa shape index (κ2) is 7.59. The van der Waals surface area contributed by atoms with Gasteiger partial charge in [0.05, 0.1) is 24.8 Å². The lowest BCUT2D eigenvalue weighted by atomic mass is 10.2. The minimum Gasteiger partial charge on any atom is -0.376 e. The Hall–Kier alpha value is -1.84. The number of anilines is 1. The Balaban J connectivity index is 1.79. The van der Waals surface area contributed by atoms with E-state index in [-0.39, 0.29) is 12.0 Å². The minimum absolute atomic E-state index is 0.0534. The largest absolute Gasteiger partial charge is 0.376 e. The number of rotatable bonds is 4. The highest BCUT2D eigenvalue weighted by atomic mass is 16.5. The highest BCUT2D eigenvalue weighted by Gasteiger charge is 2.27. The average Bonchev–Trinajstić information content (AvgIpc) is 3.15. The SMILES string of the molecule is Cc1c(C#N)c(NC(=O)CN2CCOC(C)C2)n(C2CCCC2)c1C. The molecule has 2 aliphatic rings. The number of carbonyl (C=O) groups excluding carboxylic acids is 1. The van der Waals surface area contributed by atoms with E-state index in [0.717, 1.165) is 37.2 Å². The molecular formula is C19H28N4O2. The summed E-state index contributed by atoms with van der Waals surface area (Å²) in [5.41, 5.74) is 2.68. The molecule has 6 heteroatoms. The maximum Gasteiger partial charge on any atom is 0.239 e. The Bertz CT molecular complexity index is 683. The van der Waals surface area contributed by atoms with Crippen LogP contribution in [0.1, 0.15) is 55.5 Å². The first-order valence-electron chi connectivity index (χ1n) is 9.26. The van der Waals surface area contributed by atoms with E-state index in [1.807, 2.05) is 20.8 Å². The summed E-state index contributed by atoms with van der Waals surface area (Å²) in [5.74, 6) is 0.637. The molecule has 2 heterocycles. The average molecular weight is 344 g/mol. The van der Waals surface area contributed by atoms with Crippen LogP contribution in [0, 0.1) is 25.2 Å². The van der Waals surface area contributed by atoms with Crippen LogP contribution in [0.25, 0.3) is 0 Å². The molecule has 1 amide bonds. The summed E-state index contributed by atoms with van der Waals surface area (Å²) < 4.78 is 7.72. The predicted molar refractivity (Wildman–Crippen MR) is 96.6 cm³/mol. The molecule has 3 rings (SSSR count). The van der Waals surface area contributed by atoms with E-state index in [4.69, 9.17) is 4.74 Å². The summed E-state index contributed by atoms with van der Waals surface area (Å²) in [6, 6.07) is 2.68. The van der Waals surface area contributed by atoms with Gasteiger partial charge in [-0.2, -0.15) is 5.26 Å². The molecule has 1 saturated heterocycles. The van der Waals surface area contributed by atoms with Gasteiger partial charge >= 0.3 is 0 Å². The second-order valence-electron chi connectivity index (χ2n) is 7.32. The zero-order valence-corrected chi connectivity index (χ0v) is 15.5. The van der Waals surface area contributed by atoms with Crippen molar-refractivity contribution >= 4 is 11.7 Å². The number of nitrogens with one attached hydrogen (secondary N) is 1. The van der Waals surface area contributed by atoms with Crippen LogP contribution in [0.2, 0.25) is 0 Å². The lowest BCUT2D eigenvalue weighted by molar-refractivity contribution is -0.119. The van der Waals surface area contributed by atoms with Crippen molar-refractivity contribution in [3.8, 4) is 6.07 Å². The number of nitriles is 1. The van der Waals surface area contributed by atoms with E-state index < -0.39 is 0 Å². The number of amides is 1. The van der Waals surface area contributed by atoms with Crippen molar-refractivity contribution in [1.82, 2.24) is 9.47 Å². The van der Waals surface area contributed by atoms with Crippen molar-refractivity contribution in [1.29, 1.82) is 5.26 Å². The lowest BCUT2D eigenvalue weighted by Crippen LogP contribution is -2.44. The topological polar surface area (TPSA) is 70.3 Å². The fourth-order valence-corrected chi connectivity index (χ4v) is 4.11. The number of aromatic nitrogens is 1. The quantitative estimate of drug-likeness (QED) is 0.912. The molecule has 1 aromatic heterocycles. The Labute approximate surface area is 149 Å². The Morgan fingerprint density at radius 2 is 2.08 bits per heavy atom. The van der Waals surface area contributed by atoms with E-state index in [1.165, 1.54) is 12.8 Å². The molecule has 1 saturated carbocycles. The van der Waals surface area contributed by atoms with Crippen molar-refractivity contribution in [2.24, 2.45) is 0 Å². The van der Waals surface area contributed by atoms with E-state index in [2.05, 4.69) is 20.9 Å². The number of ether oxygens (including phenoxy) is 1. The zero-order valence-electron chi connectivity index (χ0n) is 15.5. The first-order chi connectivity index (χ1) is 12.0. The van der Waals surface area contributed by atoms with Gasteiger partial charge in [0.25, 0.3) is 0 Å². The van der Waals surface area contributed by atoms with Gasteiger partial charge in [0.1, 0.15) is 11.9 Å². The van der Waals surface area contributed by atoms with Gasteiger partial charge in [-0.15, -0.1) is 0 Å². The van der Waals surface area contributed by atoms with Gasteiger partial charge in [-0.1, -0.05) is 12.8 Å². The molecule has 1 N–H and O–H groups in total. The van der Waals surface area contributed by atoms with Crippen molar-refractivity contribution in [3.63, 3.8) is 0 Å². The van der Waals surface area contributed by atoms with E-state index >= 15 is 0 Å². The molecule has 1 atom stereocenters. The molecule has 0 spiro atoms. The van der Waals surface area contributed by atoms with E-state index in [9.17, 15) is 10.1 Å². The van der Waals surface area contributed by atoms with Crippen LogP contribution in [0.4, 0.5) is 5.82 Å². The predicted octanol–water partition coefficient (Wildman–Crippen LogP) is 2.75. The number of carbonyl (C=O) groups is 1. The van der Waals surface area contributed by atoms with Crippen molar-refractivity contribution in [2.75, 3.05) is 31.6 Å². The third-order valence-corrected chi connectivity index (χ3v) is 5.51. The first-order valence-corrected chi connectivity index (χ1v) is 9.26. The molecule has 6 nitrogen and oxygen atoms in total. The van der Waals surface area contributed by atoms with Crippen molar-refractivity contribution in [3.05, 3.63) is 16.8 Å². The van der Waals surface area contributed by atoms with Gasteiger partial charge < -0.3 is 14.6 Å². The van der Waals surface area contributed by atoms with Gasteiger partial charge in [-0.25, -0.2) is 0 Å². The normalized spacial score (nSPS) is 22.1. The van der Waals surface area contributed by atoms with Crippen LogP contribution >= 0.6 is 0 Å². The van der Waals surface area contributed by atoms with Crippen LogP contribution in [-0.2, 0) is 9.53 Å². The molecular weight excluding hydrogens is 316 g/mol. The van der Waals surface area contributed by atoms with Gasteiger partial charge in [0.2, 0.25) is 5.91 Å². The van der Waals surface area contributed by atoms with Crippen molar-refractivity contribution in [2.45, 2.75) is 58.6 Å². The molecule has 0 bridgehead atoms. The summed E-state index contributed by atoms with van der Waals surface area (Å²) in [4.78, 5) is 14.7. The summed E-state index contributed by atoms with van der Waals surface area (Å²) in [7, 11) is 0. The first kappa shape index (κ1) is 18.0. The summed E-state index contributed by atoms with van der Waals surface area (Å²) in [6.45, 7) is 8.58. The van der Waals surface area contributed by atoms with Crippen LogP contribution in [0.3, 0.4) is 0 Å². The highest BCUT2D eigenvalue weighted by Crippen LogP contribution is 2.37. The zero-order chi connectivity index (χ0) is 18.0. The minimum atomic E-state index is -0.0534. The molecule has 1 unspecified atom stereocenters. The van der Waals surface area contributed by atoms with Crippen LogP contribution < -0.4 is 5.32 Å². The maximum atomic E-state index is 12.6. The lowest BCUT2D eigenvalue weighted by Gasteiger charge is -2.30. The monoisotopic (exact) mass is 344 g/mol. The fourth-order valence-electron chi connectivity index (χ4n) is 4.11. The second-order valence-corrected chi connectivity index (χ2v) is 7.32. The molecule has 136 valence electrons. The van der Waals surface area contributed by atoms with Crippen molar-refractivity contribution < 1.29 is 9.53 Å². The molecule has 2 fully saturated rings. The number of nitrogens with zero attached hydrogens (tertiary/aromatic N) is 3. The molecule has 0 aromatic carbocycles. The number of hydrogen-bond acceptors (Lipinski definition) is 4. The van der Waals surface area contributed by atoms with Gasteiger partial charge in [-0.3, -0.25) is 9.69 Å². The van der Waals surface area contributed by atoms with E-state index in [1.54, 1.807) is 0 Å². The van der Waals surface area contributed by atoms with Crippen LogP contribution in [0.5, 0.6) is 0 Å². The standard InChI is InChI=1S/C19H28N4O2/c1-13-11-22(8-9-25-13)12-18(24)21-19-17(10-20)14(2)15(3)23(19)16-6-4-5-7-16/h13,16H,4-9,11-12H2,1-3H3,(H,21,24). The Morgan fingerprint density at radius 1 is 1.36 bits per heavy atom. The van der Waals surface area contributed by atoms with Crippen LogP contribution in [-0.4, -0.2) is 47.7 Å². The summed E-state index contributed by atoms with van der Waals surface area (Å²) in [5, 5.41) is 12.7. The summed E-state index contributed by atoms with van der Waals surface area (Å²) >= 11 is 0. The number of hydrogen-bond donors (Lipinski definition) is 1. The van der Waals surface area contributed by atoms with Gasteiger partial charge in [-0.05, 0) is 39.2 Å². The Morgan fingerprint density at radius 3 is 2.72 bits per heavy atom. The molecule has 0 radical (unpaired) electrons. The smallest absolute Gasteiger partial charge is 0.239 e. The van der Waals surface area contributed by atoms with Gasteiger partial charge in [0.15, 0.2) is 0 Å². The fraction of sp³-hybridized carbons (Fsp3) is 0.684. The van der Waals surface area contributed by atoms with Crippen LogP contribution in [0.15, 0.2) is 0 Å². The third kappa shape index (κ3) is 3.73.